The Hall–Kier alpha value is -2.38. The van der Waals surface area contributed by atoms with E-state index in [0.717, 1.165) is 0 Å². The fourth-order valence-electron chi connectivity index (χ4n) is 2.00. The second-order valence-electron chi connectivity index (χ2n) is 5.89. The monoisotopic (exact) mass is 422 g/mol. The van der Waals surface area contributed by atoms with Crippen molar-refractivity contribution in [3.63, 3.8) is 0 Å². The van der Waals surface area contributed by atoms with Crippen molar-refractivity contribution >= 4 is 41.4 Å². The summed E-state index contributed by atoms with van der Waals surface area (Å²) in [4.78, 5) is 57.7. The molecule has 0 rings (SSSR count). The standard InChI is InChI=1S/C15H26N4O8S/c1-7(20)12(19-13(25)8(16)5-10(21)22)15(27)18-9(3-4-28-2)14(26)17-6-11(23)24/h7-9,12,20H,3-6,16H2,1-2H3,(H,17,26)(H,18,27)(H,19,25)(H,21,22)(H,23,24). The third-order valence-electron chi connectivity index (χ3n) is 3.45. The molecular weight excluding hydrogens is 396 g/mol. The largest absolute Gasteiger partial charge is 0.481 e. The summed E-state index contributed by atoms with van der Waals surface area (Å²) in [6, 6.07) is -4.01. The number of carbonyl (C=O) groups excluding carboxylic acids is 3. The van der Waals surface area contributed by atoms with Gasteiger partial charge in [0.1, 0.15) is 18.6 Å². The van der Waals surface area contributed by atoms with Crippen LogP contribution in [0, 0.1) is 0 Å². The van der Waals surface area contributed by atoms with E-state index >= 15 is 0 Å². The van der Waals surface area contributed by atoms with Crippen LogP contribution in [-0.4, -0.2) is 87.8 Å². The molecule has 0 aromatic heterocycles. The number of hydrogen-bond donors (Lipinski definition) is 7. The first-order valence-electron chi connectivity index (χ1n) is 8.24. The van der Waals surface area contributed by atoms with Crippen LogP contribution in [0.3, 0.4) is 0 Å². The average molecular weight is 422 g/mol. The van der Waals surface area contributed by atoms with Crippen LogP contribution in [0.15, 0.2) is 0 Å². The maximum atomic E-state index is 12.4. The highest BCUT2D eigenvalue weighted by Crippen LogP contribution is 2.03. The summed E-state index contributed by atoms with van der Waals surface area (Å²) < 4.78 is 0. The lowest BCUT2D eigenvalue weighted by Crippen LogP contribution is -2.59. The van der Waals surface area contributed by atoms with E-state index in [1.54, 1.807) is 6.26 Å². The summed E-state index contributed by atoms with van der Waals surface area (Å²) in [5.41, 5.74) is 5.42. The topological polar surface area (TPSA) is 208 Å². The first-order valence-corrected chi connectivity index (χ1v) is 9.63. The smallest absolute Gasteiger partial charge is 0.322 e. The number of carbonyl (C=O) groups is 5. The van der Waals surface area contributed by atoms with Crippen molar-refractivity contribution in [2.75, 3.05) is 18.6 Å². The van der Waals surface area contributed by atoms with Crippen LogP contribution in [-0.2, 0) is 24.0 Å². The Bertz CT molecular complexity index is 586. The number of amides is 3. The average Bonchev–Trinajstić information content (AvgIpc) is 2.59. The van der Waals surface area contributed by atoms with Gasteiger partial charge >= 0.3 is 11.9 Å². The van der Waals surface area contributed by atoms with Crippen molar-refractivity contribution < 1.29 is 39.3 Å². The van der Waals surface area contributed by atoms with Crippen molar-refractivity contribution in [2.45, 2.75) is 44.0 Å². The summed E-state index contributed by atoms with van der Waals surface area (Å²) in [5, 5.41) is 33.7. The van der Waals surface area contributed by atoms with Crippen LogP contribution in [0.2, 0.25) is 0 Å². The summed E-state index contributed by atoms with van der Waals surface area (Å²) in [6.07, 6.45) is -0.0913. The molecule has 4 unspecified atom stereocenters. The Balaban J connectivity index is 5.12. The molecule has 0 aromatic rings. The predicted molar refractivity (Wildman–Crippen MR) is 99.4 cm³/mol. The molecule has 12 nitrogen and oxygen atoms in total. The zero-order valence-corrected chi connectivity index (χ0v) is 16.3. The van der Waals surface area contributed by atoms with Gasteiger partial charge in [-0.25, -0.2) is 0 Å². The third-order valence-corrected chi connectivity index (χ3v) is 4.10. The fraction of sp³-hybridized carbons (Fsp3) is 0.667. The minimum absolute atomic E-state index is 0.178. The summed E-state index contributed by atoms with van der Waals surface area (Å²) in [5.74, 6) is -4.69. The molecule has 0 fully saturated rings. The number of rotatable bonds is 13. The first-order chi connectivity index (χ1) is 13.0. The van der Waals surface area contributed by atoms with E-state index in [2.05, 4.69) is 16.0 Å². The van der Waals surface area contributed by atoms with Gasteiger partial charge in [0, 0.05) is 0 Å². The van der Waals surface area contributed by atoms with E-state index in [4.69, 9.17) is 15.9 Å². The van der Waals surface area contributed by atoms with Gasteiger partial charge in [-0.05, 0) is 25.4 Å². The number of aliphatic carboxylic acids is 2. The second-order valence-corrected chi connectivity index (χ2v) is 6.87. The number of nitrogens with one attached hydrogen (secondary N) is 3. The molecule has 3 amide bonds. The van der Waals surface area contributed by atoms with Gasteiger partial charge in [0.05, 0.1) is 18.6 Å². The van der Waals surface area contributed by atoms with E-state index in [9.17, 15) is 29.1 Å². The van der Waals surface area contributed by atoms with E-state index in [-0.39, 0.29) is 6.42 Å². The molecule has 28 heavy (non-hydrogen) atoms. The molecule has 0 aliphatic heterocycles. The Morgan fingerprint density at radius 2 is 1.61 bits per heavy atom. The van der Waals surface area contributed by atoms with Crippen LogP contribution in [0.25, 0.3) is 0 Å². The van der Waals surface area contributed by atoms with Crippen molar-refractivity contribution in [1.29, 1.82) is 0 Å². The van der Waals surface area contributed by atoms with Gasteiger partial charge in [0.25, 0.3) is 0 Å². The maximum absolute atomic E-state index is 12.4. The molecule has 0 spiro atoms. The zero-order chi connectivity index (χ0) is 21.9. The summed E-state index contributed by atoms with van der Waals surface area (Å²) >= 11 is 1.39. The Morgan fingerprint density at radius 3 is 2.07 bits per heavy atom. The van der Waals surface area contributed by atoms with E-state index < -0.39 is 66.9 Å². The number of aliphatic hydroxyl groups excluding tert-OH is 1. The number of nitrogens with two attached hydrogens (primary N) is 1. The lowest BCUT2D eigenvalue weighted by Gasteiger charge is -2.25. The van der Waals surface area contributed by atoms with Gasteiger partial charge in [0.2, 0.25) is 17.7 Å². The Kier molecular flexibility index (Phi) is 11.8. The fourth-order valence-corrected chi connectivity index (χ4v) is 2.47. The lowest BCUT2D eigenvalue weighted by molar-refractivity contribution is -0.140. The molecule has 0 radical (unpaired) electrons. The van der Waals surface area contributed by atoms with Gasteiger partial charge < -0.3 is 37.0 Å². The molecule has 0 heterocycles. The minimum Gasteiger partial charge on any atom is -0.481 e. The van der Waals surface area contributed by atoms with Gasteiger partial charge in [-0.2, -0.15) is 11.8 Å². The van der Waals surface area contributed by atoms with Crippen LogP contribution >= 0.6 is 11.8 Å². The van der Waals surface area contributed by atoms with Gasteiger partial charge in [0.15, 0.2) is 0 Å². The molecule has 0 bridgehead atoms. The molecule has 160 valence electrons. The highest BCUT2D eigenvalue weighted by atomic mass is 32.2. The van der Waals surface area contributed by atoms with E-state index in [0.29, 0.717) is 5.75 Å². The number of carboxylic acids is 2. The number of aliphatic hydroxyl groups is 1. The molecule has 0 saturated carbocycles. The minimum atomic E-state index is -1.49. The van der Waals surface area contributed by atoms with Gasteiger partial charge in [-0.1, -0.05) is 0 Å². The van der Waals surface area contributed by atoms with Crippen LogP contribution in [0.1, 0.15) is 19.8 Å². The molecule has 8 N–H and O–H groups in total. The zero-order valence-electron chi connectivity index (χ0n) is 15.5. The second kappa shape index (κ2) is 12.9. The SMILES string of the molecule is CSCCC(NC(=O)C(NC(=O)C(N)CC(=O)O)C(C)O)C(=O)NCC(=O)O. The predicted octanol–water partition coefficient (Wildman–Crippen LogP) is -2.91. The third kappa shape index (κ3) is 10.1. The van der Waals surface area contributed by atoms with Crippen molar-refractivity contribution in [3.05, 3.63) is 0 Å². The van der Waals surface area contributed by atoms with Crippen LogP contribution in [0.4, 0.5) is 0 Å². The van der Waals surface area contributed by atoms with E-state index in [1.807, 2.05) is 0 Å². The summed E-state index contributed by atoms with van der Waals surface area (Å²) in [7, 11) is 0. The van der Waals surface area contributed by atoms with Crippen LogP contribution in [0.5, 0.6) is 0 Å². The highest BCUT2D eigenvalue weighted by molar-refractivity contribution is 7.98. The number of carboxylic acid groups (broad SMARTS) is 2. The molecule has 0 aliphatic rings. The lowest BCUT2D eigenvalue weighted by atomic mass is 10.1. The first kappa shape index (κ1) is 25.6. The highest BCUT2D eigenvalue weighted by Gasteiger charge is 2.31. The van der Waals surface area contributed by atoms with Crippen molar-refractivity contribution in [2.24, 2.45) is 5.73 Å². The molecule has 0 aliphatic carbocycles. The molecule has 4 atom stereocenters. The summed E-state index contributed by atoms with van der Waals surface area (Å²) in [6.45, 7) is 0.583. The molecular formula is C15H26N4O8S. The molecule has 0 aromatic carbocycles. The van der Waals surface area contributed by atoms with E-state index in [1.165, 1.54) is 18.7 Å². The molecule has 13 heteroatoms. The quantitative estimate of drug-likeness (QED) is 0.161. The number of thioether (sulfide) groups is 1. The maximum Gasteiger partial charge on any atom is 0.322 e. The number of hydrogen-bond acceptors (Lipinski definition) is 8. The molecule has 0 saturated heterocycles. The van der Waals surface area contributed by atoms with Gasteiger partial charge in [-0.15, -0.1) is 0 Å². The Morgan fingerprint density at radius 1 is 1.00 bits per heavy atom. The normalized spacial score (nSPS) is 14.9. The Labute approximate surface area is 165 Å². The van der Waals surface area contributed by atoms with Crippen molar-refractivity contribution in [3.8, 4) is 0 Å². The van der Waals surface area contributed by atoms with Gasteiger partial charge in [-0.3, -0.25) is 24.0 Å². The van der Waals surface area contributed by atoms with Crippen LogP contribution < -0.4 is 21.7 Å². The van der Waals surface area contributed by atoms with Crippen molar-refractivity contribution in [1.82, 2.24) is 16.0 Å².